The largest absolute Gasteiger partial charge is 0.448 e. The van der Waals surface area contributed by atoms with Crippen LogP contribution in [0.5, 0.6) is 0 Å². The minimum atomic E-state index is 0.0526. The molecule has 0 radical (unpaired) electrons. The Labute approximate surface area is 107 Å². The first-order valence-corrected chi connectivity index (χ1v) is 6.77. The quantitative estimate of drug-likeness (QED) is 0.855. The predicted molar refractivity (Wildman–Crippen MR) is 66.3 cm³/mol. The van der Waals surface area contributed by atoms with Gasteiger partial charge in [-0.2, -0.15) is 0 Å². The molecule has 1 aromatic rings. The van der Waals surface area contributed by atoms with Crippen LogP contribution in [0, 0.1) is 0 Å². The molecular formula is C13H19N3O2. The first-order chi connectivity index (χ1) is 8.81. The van der Waals surface area contributed by atoms with Gasteiger partial charge in [-0.05, 0) is 25.8 Å². The molecule has 2 aliphatic heterocycles. The molecule has 1 aromatic heterocycles. The molecule has 2 fully saturated rings. The Balaban J connectivity index is 1.87. The first-order valence-electron chi connectivity index (χ1n) is 6.77. The highest BCUT2D eigenvalue weighted by Crippen LogP contribution is 2.29. The molecule has 2 atom stereocenters. The second kappa shape index (κ2) is 4.72. The molecule has 18 heavy (non-hydrogen) atoms. The minimum absolute atomic E-state index is 0.0526. The van der Waals surface area contributed by atoms with Gasteiger partial charge in [0.25, 0.3) is 5.91 Å². The van der Waals surface area contributed by atoms with Gasteiger partial charge < -0.3 is 14.6 Å². The average molecular weight is 249 g/mol. The van der Waals surface area contributed by atoms with Crippen molar-refractivity contribution in [2.75, 3.05) is 13.1 Å². The van der Waals surface area contributed by atoms with E-state index in [9.17, 15) is 4.79 Å². The van der Waals surface area contributed by atoms with Gasteiger partial charge in [-0.15, -0.1) is 0 Å². The summed E-state index contributed by atoms with van der Waals surface area (Å²) in [5, 5.41) is 3.40. The van der Waals surface area contributed by atoms with Gasteiger partial charge in [-0.25, -0.2) is 4.98 Å². The van der Waals surface area contributed by atoms with Crippen LogP contribution in [0.2, 0.25) is 0 Å². The number of oxazole rings is 1. The minimum Gasteiger partial charge on any atom is -0.448 e. The molecule has 2 bridgehead atoms. The van der Waals surface area contributed by atoms with Crippen molar-refractivity contribution >= 4 is 5.91 Å². The van der Waals surface area contributed by atoms with Gasteiger partial charge in [0.1, 0.15) is 5.76 Å². The summed E-state index contributed by atoms with van der Waals surface area (Å²) in [5.41, 5.74) is 0.510. The van der Waals surface area contributed by atoms with E-state index in [2.05, 4.69) is 10.3 Å². The molecule has 0 saturated carbocycles. The summed E-state index contributed by atoms with van der Waals surface area (Å²) in [7, 11) is 0. The summed E-state index contributed by atoms with van der Waals surface area (Å²) in [6, 6.07) is 0.699. The Morgan fingerprint density at radius 3 is 3.17 bits per heavy atom. The van der Waals surface area contributed by atoms with Crippen molar-refractivity contribution in [3.63, 3.8) is 0 Å². The Kier molecular flexibility index (Phi) is 3.07. The van der Waals surface area contributed by atoms with Crippen molar-refractivity contribution in [1.82, 2.24) is 15.2 Å². The lowest BCUT2D eigenvalue weighted by molar-refractivity contribution is 0.0672. The maximum atomic E-state index is 12.6. The summed E-state index contributed by atoms with van der Waals surface area (Å²) >= 11 is 0. The highest BCUT2D eigenvalue weighted by Gasteiger charge is 2.39. The van der Waals surface area contributed by atoms with E-state index in [-0.39, 0.29) is 5.91 Å². The number of nitrogens with zero attached hydrogens (tertiary/aromatic N) is 2. The van der Waals surface area contributed by atoms with E-state index in [1.807, 2.05) is 11.8 Å². The molecule has 0 aromatic carbocycles. The Morgan fingerprint density at radius 1 is 1.50 bits per heavy atom. The number of carbonyl (C=O) groups is 1. The smallest absolute Gasteiger partial charge is 0.276 e. The van der Waals surface area contributed by atoms with Crippen molar-refractivity contribution in [2.24, 2.45) is 0 Å². The van der Waals surface area contributed by atoms with E-state index >= 15 is 0 Å². The van der Waals surface area contributed by atoms with Gasteiger partial charge in [0.15, 0.2) is 12.1 Å². The summed E-state index contributed by atoms with van der Waals surface area (Å²) in [5.74, 6) is 0.758. The van der Waals surface area contributed by atoms with E-state index in [0.717, 1.165) is 32.4 Å². The molecule has 2 unspecified atom stereocenters. The predicted octanol–water partition coefficient (Wildman–Crippen LogP) is 1.20. The summed E-state index contributed by atoms with van der Waals surface area (Å²) in [4.78, 5) is 18.8. The lowest BCUT2D eigenvalue weighted by Gasteiger charge is -2.27. The molecule has 1 N–H and O–H groups in total. The molecule has 0 aliphatic carbocycles. The van der Waals surface area contributed by atoms with Gasteiger partial charge in [0.05, 0.1) is 0 Å². The summed E-state index contributed by atoms with van der Waals surface area (Å²) < 4.78 is 5.27. The lowest BCUT2D eigenvalue weighted by Crippen LogP contribution is -2.42. The van der Waals surface area contributed by atoms with Crippen LogP contribution < -0.4 is 5.32 Å². The van der Waals surface area contributed by atoms with E-state index in [1.165, 1.54) is 6.39 Å². The lowest BCUT2D eigenvalue weighted by atomic mass is 10.1. The number of amides is 1. The zero-order chi connectivity index (χ0) is 12.5. The van der Waals surface area contributed by atoms with E-state index in [0.29, 0.717) is 30.0 Å². The average Bonchev–Trinajstić information content (AvgIpc) is 2.91. The first kappa shape index (κ1) is 11.7. The Hall–Kier alpha value is -1.36. The van der Waals surface area contributed by atoms with Gasteiger partial charge in [-0.1, -0.05) is 6.92 Å². The van der Waals surface area contributed by atoms with Crippen LogP contribution in [0.3, 0.4) is 0 Å². The summed E-state index contributed by atoms with van der Waals surface area (Å²) in [6.07, 6.45) is 5.36. The number of hydrogen-bond donors (Lipinski definition) is 1. The number of carbonyl (C=O) groups excluding carboxylic acids is 1. The van der Waals surface area contributed by atoms with E-state index < -0.39 is 0 Å². The molecule has 5 nitrogen and oxygen atoms in total. The highest BCUT2D eigenvalue weighted by atomic mass is 16.3. The van der Waals surface area contributed by atoms with Crippen LogP contribution in [-0.4, -0.2) is 41.0 Å². The maximum absolute atomic E-state index is 12.6. The molecule has 1 amide bonds. The van der Waals surface area contributed by atoms with Crippen LogP contribution in [0.25, 0.3) is 0 Å². The fourth-order valence-corrected chi connectivity index (χ4v) is 3.13. The maximum Gasteiger partial charge on any atom is 0.276 e. The second-order valence-electron chi connectivity index (χ2n) is 5.07. The normalized spacial score (nSPS) is 27.3. The van der Waals surface area contributed by atoms with Gasteiger partial charge in [0, 0.05) is 25.0 Å². The molecule has 3 heterocycles. The SMILES string of the molecule is CCc1ocnc1C(=O)N1C2CCNCC1CC2. The van der Waals surface area contributed by atoms with Gasteiger partial charge >= 0.3 is 0 Å². The van der Waals surface area contributed by atoms with Crippen LogP contribution in [0.4, 0.5) is 0 Å². The Bertz CT molecular complexity index is 429. The van der Waals surface area contributed by atoms with Gasteiger partial charge in [-0.3, -0.25) is 4.79 Å². The van der Waals surface area contributed by atoms with Crippen LogP contribution in [0.15, 0.2) is 10.8 Å². The number of fused-ring (bicyclic) bond motifs is 2. The molecule has 2 saturated heterocycles. The van der Waals surface area contributed by atoms with Gasteiger partial charge in [0.2, 0.25) is 0 Å². The standard InChI is InChI=1S/C13H19N3O2/c1-2-11-12(15-8-18-11)13(17)16-9-3-4-10(16)7-14-6-5-9/h8-10,14H,2-7H2,1H3. The second-order valence-corrected chi connectivity index (χ2v) is 5.07. The third-order valence-electron chi connectivity index (χ3n) is 4.05. The molecule has 5 heteroatoms. The fourth-order valence-electron chi connectivity index (χ4n) is 3.13. The van der Waals surface area contributed by atoms with Crippen molar-refractivity contribution in [3.8, 4) is 0 Å². The third kappa shape index (κ3) is 1.82. The summed E-state index contributed by atoms with van der Waals surface area (Å²) in [6.45, 7) is 3.89. The number of aromatic nitrogens is 1. The number of nitrogens with one attached hydrogen (secondary N) is 1. The topological polar surface area (TPSA) is 58.4 Å². The van der Waals surface area contributed by atoms with Crippen molar-refractivity contribution < 1.29 is 9.21 Å². The zero-order valence-electron chi connectivity index (χ0n) is 10.7. The van der Waals surface area contributed by atoms with E-state index in [4.69, 9.17) is 4.42 Å². The van der Waals surface area contributed by atoms with E-state index in [1.54, 1.807) is 0 Å². The van der Waals surface area contributed by atoms with Crippen LogP contribution in [0.1, 0.15) is 42.4 Å². The number of aryl methyl sites for hydroxylation is 1. The number of hydrogen-bond acceptors (Lipinski definition) is 4. The van der Waals surface area contributed by atoms with Crippen molar-refractivity contribution in [1.29, 1.82) is 0 Å². The van der Waals surface area contributed by atoms with Crippen LogP contribution in [-0.2, 0) is 6.42 Å². The van der Waals surface area contributed by atoms with Crippen molar-refractivity contribution in [2.45, 2.75) is 44.7 Å². The zero-order valence-corrected chi connectivity index (χ0v) is 10.7. The van der Waals surface area contributed by atoms with Crippen molar-refractivity contribution in [3.05, 3.63) is 17.8 Å². The molecule has 0 spiro atoms. The third-order valence-corrected chi connectivity index (χ3v) is 4.05. The fraction of sp³-hybridized carbons (Fsp3) is 0.692. The molecule has 98 valence electrons. The monoisotopic (exact) mass is 249 g/mol. The Morgan fingerprint density at radius 2 is 2.33 bits per heavy atom. The van der Waals surface area contributed by atoms with Crippen LogP contribution >= 0.6 is 0 Å². The highest BCUT2D eigenvalue weighted by molar-refractivity contribution is 5.93. The number of rotatable bonds is 2. The molecular weight excluding hydrogens is 230 g/mol. The molecule has 2 aliphatic rings. The molecule has 3 rings (SSSR count).